The molecule has 0 saturated heterocycles. The maximum atomic E-state index is 10.5. The van der Waals surface area contributed by atoms with Crippen molar-refractivity contribution in [3.05, 3.63) is 35.9 Å². The number of hydrogen-bond donors (Lipinski definition) is 1. The van der Waals surface area contributed by atoms with Gasteiger partial charge in [0.2, 0.25) is 0 Å². The maximum absolute atomic E-state index is 10.5. The fraction of sp³-hybridized carbons (Fsp3) is 0.667. The topological polar surface area (TPSA) is 23.5 Å². The number of rotatable bonds is 5. The van der Waals surface area contributed by atoms with Crippen LogP contribution in [0.25, 0.3) is 0 Å². The van der Waals surface area contributed by atoms with Crippen molar-refractivity contribution in [2.45, 2.75) is 59.2 Å². The van der Waals surface area contributed by atoms with E-state index in [9.17, 15) is 5.11 Å². The Bertz CT molecular complexity index is 413. The highest BCUT2D eigenvalue weighted by molar-refractivity contribution is 5.14. The van der Waals surface area contributed by atoms with Crippen LogP contribution < -0.4 is 0 Å². The third-order valence-corrected chi connectivity index (χ3v) is 4.83. The van der Waals surface area contributed by atoms with Gasteiger partial charge in [0, 0.05) is 19.1 Å². The van der Waals surface area contributed by atoms with Crippen molar-refractivity contribution in [1.82, 2.24) is 4.90 Å². The van der Waals surface area contributed by atoms with Crippen molar-refractivity contribution in [1.29, 1.82) is 0 Å². The molecule has 1 fully saturated rings. The maximum Gasteiger partial charge on any atom is 0.0631 e. The third-order valence-electron chi connectivity index (χ3n) is 4.83. The molecule has 1 aliphatic rings. The molecule has 2 nitrogen and oxygen atoms in total. The second kappa shape index (κ2) is 6.28. The Labute approximate surface area is 123 Å². The van der Waals surface area contributed by atoms with Gasteiger partial charge in [-0.25, -0.2) is 0 Å². The van der Waals surface area contributed by atoms with Gasteiger partial charge in [-0.05, 0) is 43.6 Å². The Morgan fingerprint density at radius 3 is 2.40 bits per heavy atom. The molecule has 1 N–H and O–H groups in total. The van der Waals surface area contributed by atoms with Crippen molar-refractivity contribution in [2.24, 2.45) is 11.3 Å². The summed E-state index contributed by atoms with van der Waals surface area (Å²) in [6.07, 6.45) is 2.11. The molecular formula is C18H29NO. The Balaban J connectivity index is 2.00. The molecule has 1 saturated carbocycles. The number of benzene rings is 1. The van der Waals surface area contributed by atoms with Crippen molar-refractivity contribution in [3.63, 3.8) is 0 Å². The summed E-state index contributed by atoms with van der Waals surface area (Å²) in [5.41, 5.74) is 1.44. The SMILES string of the molecule is CC(C)N(Cc1ccccc1)CC1CCC(C)(C)C1O. The summed E-state index contributed by atoms with van der Waals surface area (Å²) < 4.78 is 0. The average molecular weight is 275 g/mol. The molecule has 0 amide bonds. The van der Waals surface area contributed by atoms with Crippen LogP contribution in [0.1, 0.15) is 46.1 Å². The summed E-state index contributed by atoms with van der Waals surface area (Å²) in [7, 11) is 0. The Morgan fingerprint density at radius 2 is 1.90 bits per heavy atom. The lowest BCUT2D eigenvalue weighted by Gasteiger charge is -2.32. The zero-order valence-electron chi connectivity index (χ0n) is 13.3. The Kier molecular flexibility index (Phi) is 4.87. The zero-order chi connectivity index (χ0) is 14.8. The van der Waals surface area contributed by atoms with Gasteiger partial charge in [0.1, 0.15) is 0 Å². The molecule has 0 radical (unpaired) electrons. The standard InChI is InChI=1S/C18H29NO/c1-14(2)19(12-15-8-6-5-7-9-15)13-16-10-11-18(3,4)17(16)20/h5-9,14,16-17,20H,10-13H2,1-4H3. The van der Waals surface area contributed by atoms with Gasteiger partial charge in [-0.3, -0.25) is 4.90 Å². The van der Waals surface area contributed by atoms with Crippen LogP contribution in [-0.4, -0.2) is 28.7 Å². The van der Waals surface area contributed by atoms with Crippen LogP contribution in [-0.2, 0) is 6.54 Å². The van der Waals surface area contributed by atoms with E-state index in [1.54, 1.807) is 0 Å². The highest BCUT2D eigenvalue weighted by Crippen LogP contribution is 2.41. The molecule has 2 rings (SSSR count). The first kappa shape index (κ1) is 15.5. The monoisotopic (exact) mass is 275 g/mol. The molecule has 2 heteroatoms. The van der Waals surface area contributed by atoms with Gasteiger partial charge < -0.3 is 5.11 Å². The molecule has 2 atom stereocenters. The molecule has 20 heavy (non-hydrogen) atoms. The molecule has 2 unspecified atom stereocenters. The predicted octanol–water partition coefficient (Wildman–Crippen LogP) is 3.69. The number of aliphatic hydroxyl groups is 1. The molecule has 1 aromatic rings. The zero-order valence-corrected chi connectivity index (χ0v) is 13.3. The van der Waals surface area contributed by atoms with Gasteiger partial charge >= 0.3 is 0 Å². The predicted molar refractivity (Wildman–Crippen MR) is 84.5 cm³/mol. The van der Waals surface area contributed by atoms with Crippen LogP contribution in [0.2, 0.25) is 0 Å². The molecule has 0 spiro atoms. The van der Waals surface area contributed by atoms with Gasteiger partial charge in [0.05, 0.1) is 6.10 Å². The van der Waals surface area contributed by atoms with Crippen molar-refractivity contribution < 1.29 is 5.11 Å². The molecule has 0 aromatic heterocycles. The average Bonchev–Trinajstić information content (AvgIpc) is 2.66. The minimum absolute atomic E-state index is 0.0834. The van der Waals surface area contributed by atoms with Gasteiger partial charge in [-0.2, -0.15) is 0 Å². The summed E-state index contributed by atoms with van der Waals surface area (Å²) >= 11 is 0. The van der Waals surface area contributed by atoms with Crippen LogP contribution in [0, 0.1) is 11.3 Å². The summed E-state index contributed by atoms with van der Waals surface area (Å²) in [4.78, 5) is 2.49. The first-order valence-corrected chi connectivity index (χ1v) is 7.86. The van der Waals surface area contributed by atoms with E-state index in [1.807, 2.05) is 0 Å². The molecule has 0 aliphatic heterocycles. The molecule has 112 valence electrons. The van der Waals surface area contributed by atoms with Crippen LogP contribution in [0.3, 0.4) is 0 Å². The normalized spacial score (nSPS) is 25.6. The lowest BCUT2D eigenvalue weighted by Crippen LogP contribution is -2.39. The van der Waals surface area contributed by atoms with E-state index in [0.717, 1.165) is 25.9 Å². The summed E-state index contributed by atoms with van der Waals surface area (Å²) in [5, 5.41) is 10.5. The largest absolute Gasteiger partial charge is 0.392 e. The smallest absolute Gasteiger partial charge is 0.0631 e. The van der Waals surface area contributed by atoms with Crippen LogP contribution >= 0.6 is 0 Å². The van der Waals surface area contributed by atoms with Crippen molar-refractivity contribution in [3.8, 4) is 0 Å². The van der Waals surface area contributed by atoms with Gasteiger partial charge in [0.15, 0.2) is 0 Å². The lowest BCUT2D eigenvalue weighted by molar-refractivity contribution is 0.0270. The van der Waals surface area contributed by atoms with E-state index in [4.69, 9.17) is 0 Å². The van der Waals surface area contributed by atoms with E-state index in [2.05, 4.69) is 62.9 Å². The molecular weight excluding hydrogens is 246 g/mol. The van der Waals surface area contributed by atoms with E-state index in [1.165, 1.54) is 5.56 Å². The van der Waals surface area contributed by atoms with E-state index < -0.39 is 0 Å². The van der Waals surface area contributed by atoms with Crippen molar-refractivity contribution >= 4 is 0 Å². The second-order valence-corrected chi connectivity index (χ2v) is 7.24. The lowest BCUT2D eigenvalue weighted by atomic mass is 9.87. The highest BCUT2D eigenvalue weighted by atomic mass is 16.3. The number of nitrogens with zero attached hydrogens (tertiary/aromatic N) is 1. The molecule has 1 aliphatic carbocycles. The van der Waals surface area contributed by atoms with E-state index in [0.29, 0.717) is 12.0 Å². The number of aliphatic hydroxyl groups excluding tert-OH is 1. The number of hydrogen-bond acceptors (Lipinski definition) is 2. The van der Waals surface area contributed by atoms with Crippen LogP contribution in [0.4, 0.5) is 0 Å². The van der Waals surface area contributed by atoms with Crippen molar-refractivity contribution in [2.75, 3.05) is 6.54 Å². The molecule has 1 aromatic carbocycles. The van der Waals surface area contributed by atoms with Crippen LogP contribution in [0.5, 0.6) is 0 Å². The third kappa shape index (κ3) is 3.62. The first-order chi connectivity index (χ1) is 9.40. The summed E-state index contributed by atoms with van der Waals surface area (Å²) in [6, 6.07) is 11.1. The fourth-order valence-electron chi connectivity index (χ4n) is 3.27. The van der Waals surface area contributed by atoms with E-state index in [-0.39, 0.29) is 11.5 Å². The molecule has 0 bridgehead atoms. The highest BCUT2D eigenvalue weighted by Gasteiger charge is 2.41. The van der Waals surface area contributed by atoms with Gasteiger partial charge in [0.25, 0.3) is 0 Å². The molecule has 0 heterocycles. The second-order valence-electron chi connectivity index (χ2n) is 7.24. The Morgan fingerprint density at radius 1 is 1.25 bits per heavy atom. The van der Waals surface area contributed by atoms with E-state index >= 15 is 0 Å². The fourth-order valence-corrected chi connectivity index (χ4v) is 3.27. The first-order valence-electron chi connectivity index (χ1n) is 7.86. The summed E-state index contributed by atoms with van der Waals surface area (Å²) in [5.74, 6) is 0.413. The van der Waals surface area contributed by atoms with Crippen LogP contribution in [0.15, 0.2) is 30.3 Å². The quantitative estimate of drug-likeness (QED) is 0.886. The summed E-state index contributed by atoms with van der Waals surface area (Å²) in [6.45, 7) is 10.8. The minimum Gasteiger partial charge on any atom is -0.392 e. The van der Waals surface area contributed by atoms with Gasteiger partial charge in [-0.15, -0.1) is 0 Å². The Hall–Kier alpha value is -0.860. The van der Waals surface area contributed by atoms with Gasteiger partial charge in [-0.1, -0.05) is 44.2 Å². The minimum atomic E-state index is -0.167.